The lowest BCUT2D eigenvalue weighted by molar-refractivity contribution is 0.282. The second-order valence-electron chi connectivity index (χ2n) is 2.01. The van der Waals surface area contributed by atoms with Gasteiger partial charge in [-0.1, -0.05) is 12.1 Å². The van der Waals surface area contributed by atoms with Gasteiger partial charge in [-0.25, -0.2) is 0 Å². The molecule has 3 N–H and O–H groups in total. The summed E-state index contributed by atoms with van der Waals surface area (Å²) in [6.45, 7) is 0.134. The highest BCUT2D eigenvalue weighted by atomic mass is 32.2. The molecular formula is C9H15NOS. The molecule has 0 amide bonds. The van der Waals surface area contributed by atoms with Crippen LogP contribution in [-0.4, -0.2) is 18.4 Å². The first-order valence-corrected chi connectivity index (χ1v) is 4.91. The largest absolute Gasteiger partial charge is 0.392 e. The summed E-state index contributed by atoms with van der Waals surface area (Å²) in [6.07, 6.45) is 2.04. The molecule has 1 rings (SSSR count). The van der Waals surface area contributed by atoms with Crippen molar-refractivity contribution in [2.45, 2.75) is 11.5 Å². The fourth-order valence-electron chi connectivity index (χ4n) is 0.731. The van der Waals surface area contributed by atoms with Gasteiger partial charge in [-0.3, -0.25) is 0 Å². The molecule has 0 aliphatic heterocycles. The van der Waals surface area contributed by atoms with Crippen molar-refractivity contribution < 1.29 is 5.11 Å². The SMILES string of the molecule is CN.CSc1ccc(CO)cc1. The molecule has 0 saturated heterocycles. The summed E-state index contributed by atoms with van der Waals surface area (Å²) in [6, 6.07) is 7.89. The van der Waals surface area contributed by atoms with Crippen LogP contribution in [0.2, 0.25) is 0 Å². The summed E-state index contributed by atoms with van der Waals surface area (Å²) < 4.78 is 0. The van der Waals surface area contributed by atoms with E-state index in [1.165, 1.54) is 11.9 Å². The van der Waals surface area contributed by atoms with Crippen LogP contribution in [0.1, 0.15) is 5.56 Å². The zero-order valence-corrected chi connectivity index (χ0v) is 8.27. The topological polar surface area (TPSA) is 46.2 Å². The van der Waals surface area contributed by atoms with Gasteiger partial charge in [0.05, 0.1) is 6.61 Å². The number of aliphatic hydroxyl groups excluding tert-OH is 1. The van der Waals surface area contributed by atoms with Crippen LogP contribution in [0.4, 0.5) is 0 Å². The molecule has 0 unspecified atom stereocenters. The van der Waals surface area contributed by atoms with Crippen LogP contribution in [0, 0.1) is 0 Å². The monoisotopic (exact) mass is 185 g/mol. The van der Waals surface area contributed by atoms with Crippen molar-refractivity contribution in [2.24, 2.45) is 5.73 Å². The second-order valence-corrected chi connectivity index (χ2v) is 2.89. The summed E-state index contributed by atoms with van der Waals surface area (Å²) in [7, 11) is 1.50. The van der Waals surface area contributed by atoms with Crippen molar-refractivity contribution in [1.29, 1.82) is 0 Å². The van der Waals surface area contributed by atoms with E-state index in [2.05, 4.69) is 5.73 Å². The van der Waals surface area contributed by atoms with Gasteiger partial charge in [0.1, 0.15) is 0 Å². The van der Waals surface area contributed by atoms with Gasteiger partial charge in [0.15, 0.2) is 0 Å². The Morgan fingerprint density at radius 3 is 2.08 bits per heavy atom. The minimum atomic E-state index is 0.134. The van der Waals surface area contributed by atoms with E-state index in [4.69, 9.17) is 5.11 Å². The minimum absolute atomic E-state index is 0.134. The Balaban J connectivity index is 0.000000561. The third-order valence-corrected chi connectivity index (χ3v) is 2.09. The van der Waals surface area contributed by atoms with Crippen molar-refractivity contribution in [1.82, 2.24) is 0 Å². The van der Waals surface area contributed by atoms with E-state index in [0.29, 0.717) is 0 Å². The molecule has 3 heteroatoms. The zero-order valence-electron chi connectivity index (χ0n) is 7.45. The number of hydrogen-bond acceptors (Lipinski definition) is 3. The molecule has 68 valence electrons. The molecule has 0 bridgehead atoms. The number of rotatable bonds is 2. The van der Waals surface area contributed by atoms with Crippen LogP contribution in [0.25, 0.3) is 0 Å². The normalized spacial score (nSPS) is 8.67. The maximum absolute atomic E-state index is 8.69. The molecule has 0 fully saturated rings. The molecule has 0 aliphatic carbocycles. The lowest BCUT2D eigenvalue weighted by atomic mass is 10.2. The summed E-state index contributed by atoms with van der Waals surface area (Å²) in [5.41, 5.74) is 5.47. The van der Waals surface area contributed by atoms with Gasteiger partial charge in [0.2, 0.25) is 0 Å². The number of hydrogen-bond donors (Lipinski definition) is 2. The Morgan fingerprint density at radius 2 is 1.75 bits per heavy atom. The van der Waals surface area contributed by atoms with Crippen LogP contribution in [0.5, 0.6) is 0 Å². The maximum atomic E-state index is 8.69. The summed E-state index contributed by atoms with van der Waals surface area (Å²) >= 11 is 1.71. The minimum Gasteiger partial charge on any atom is -0.392 e. The van der Waals surface area contributed by atoms with E-state index in [9.17, 15) is 0 Å². The first-order chi connectivity index (χ1) is 5.86. The van der Waals surface area contributed by atoms with Gasteiger partial charge in [-0.05, 0) is 31.0 Å². The first kappa shape index (κ1) is 11.5. The summed E-state index contributed by atoms with van der Waals surface area (Å²) in [5.74, 6) is 0. The Labute approximate surface area is 77.8 Å². The predicted octanol–water partition coefficient (Wildman–Crippen LogP) is 1.48. The van der Waals surface area contributed by atoms with Gasteiger partial charge in [0.25, 0.3) is 0 Å². The van der Waals surface area contributed by atoms with Crippen molar-refractivity contribution in [3.8, 4) is 0 Å². The lowest BCUT2D eigenvalue weighted by Crippen LogP contribution is -1.80. The average molecular weight is 185 g/mol. The standard InChI is InChI=1S/C8H10OS.CH5N/c1-10-8-4-2-7(6-9)3-5-8;1-2/h2-5,9H,6H2,1H3;2H2,1H3. The average Bonchev–Trinajstić information content (AvgIpc) is 2.21. The third-order valence-electron chi connectivity index (χ3n) is 1.34. The Morgan fingerprint density at radius 1 is 1.25 bits per heavy atom. The molecule has 2 nitrogen and oxygen atoms in total. The highest BCUT2D eigenvalue weighted by Crippen LogP contribution is 2.14. The van der Waals surface area contributed by atoms with Crippen molar-refractivity contribution >= 4 is 11.8 Å². The number of benzene rings is 1. The second kappa shape index (κ2) is 7.16. The Hall–Kier alpha value is -0.510. The molecule has 0 heterocycles. The van der Waals surface area contributed by atoms with Crippen molar-refractivity contribution in [2.75, 3.05) is 13.3 Å². The molecule has 1 aromatic rings. The molecule has 12 heavy (non-hydrogen) atoms. The Bertz CT molecular complexity index is 175. The first-order valence-electron chi connectivity index (χ1n) is 3.68. The Kier molecular flexibility index (Phi) is 6.85. The number of thioether (sulfide) groups is 1. The van der Waals surface area contributed by atoms with E-state index in [-0.39, 0.29) is 6.61 Å². The predicted molar refractivity (Wildman–Crippen MR) is 54.3 cm³/mol. The van der Waals surface area contributed by atoms with Crippen LogP contribution in [0.15, 0.2) is 29.2 Å². The fourth-order valence-corrected chi connectivity index (χ4v) is 1.14. The van der Waals surface area contributed by atoms with Gasteiger partial charge >= 0.3 is 0 Å². The van der Waals surface area contributed by atoms with E-state index >= 15 is 0 Å². The lowest BCUT2D eigenvalue weighted by Gasteiger charge is -1.96. The van der Waals surface area contributed by atoms with Crippen LogP contribution >= 0.6 is 11.8 Å². The van der Waals surface area contributed by atoms with E-state index in [1.54, 1.807) is 11.8 Å². The highest BCUT2D eigenvalue weighted by Gasteiger charge is 1.89. The summed E-state index contributed by atoms with van der Waals surface area (Å²) in [5, 5.41) is 8.69. The number of aliphatic hydroxyl groups is 1. The third kappa shape index (κ3) is 3.76. The molecule has 0 saturated carbocycles. The smallest absolute Gasteiger partial charge is 0.0681 e. The molecule has 0 atom stereocenters. The molecule has 0 spiro atoms. The van der Waals surface area contributed by atoms with Gasteiger partial charge in [-0.15, -0.1) is 11.8 Å². The summed E-state index contributed by atoms with van der Waals surface area (Å²) in [4.78, 5) is 1.23. The van der Waals surface area contributed by atoms with E-state index in [0.717, 1.165) is 5.56 Å². The fraction of sp³-hybridized carbons (Fsp3) is 0.333. The maximum Gasteiger partial charge on any atom is 0.0681 e. The molecule has 0 radical (unpaired) electrons. The molecule has 0 aromatic heterocycles. The van der Waals surface area contributed by atoms with E-state index in [1.807, 2.05) is 30.5 Å². The van der Waals surface area contributed by atoms with Gasteiger partial charge in [-0.2, -0.15) is 0 Å². The van der Waals surface area contributed by atoms with Crippen LogP contribution in [-0.2, 0) is 6.61 Å². The highest BCUT2D eigenvalue weighted by molar-refractivity contribution is 7.98. The van der Waals surface area contributed by atoms with Gasteiger partial charge in [0, 0.05) is 4.90 Å². The molecule has 1 aromatic carbocycles. The number of nitrogens with two attached hydrogens (primary N) is 1. The zero-order chi connectivity index (χ0) is 9.40. The van der Waals surface area contributed by atoms with Crippen molar-refractivity contribution in [3.05, 3.63) is 29.8 Å². The molecule has 0 aliphatic rings. The van der Waals surface area contributed by atoms with E-state index < -0.39 is 0 Å². The van der Waals surface area contributed by atoms with Crippen LogP contribution in [0.3, 0.4) is 0 Å². The van der Waals surface area contributed by atoms with Crippen LogP contribution < -0.4 is 5.73 Å². The quantitative estimate of drug-likeness (QED) is 0.686. The van der Waals surface area contributed by atoms with Crippen molar-refractivity contribution in [3.63, 3.8) is 0 Å². The molecular weight excluding hydrogens is 170 g/mol. The van der Waals surface area contributed by atoms with Gasteiger partial charge < -0.3 is 10.8 Å².